The molecule has 23 heavy (non-hydrogen) atoms. The Labute approximate surface area is 136 Å². The average Bonchev–Trinajstić information content (AvgIpc) is 2.58. The molecule has 0 saturated carbocycles. The van der Waals surface area contributed by atoms with Gasteiger partial charge in [-0.2, -0.15) is 0 Å². The molecule has 0 bridgehead atoms. The van der Waals surface area contributed by atoms with Crippen molar-refractivity contribution in [3.05, 3.63) is 75.8 Å². The van der Waals surface area contributed by atoms with E-state index in [0.717, 1.165) is 12.8 Å². The van der Waals surface area contributed by atoms with Gasteiger partial charge in [0.2, 0.25) is 0 Å². The van der Waals surface area contributed by atoms with Crippen LogP contribution in [-0.2, 0) is 6.42 Å². The van der Waals surface area contributed by atoms with Crippen LogP contribution in [0.1, 0.15) is 30.6 Å². The van der Waals surface area contributed by atoms with E-state index in [1.165, 1.54) is 17.7 Å². The standard InChI is InChI=1S/C18H22N2O3/c1-14(10-11-15-6-3-2-4-7-15)19-13-18(21)16-8-5-9-17(12-16)20(22)23/h2-9,12,14,18-19,21H,10-11,13H2,1H3/p+1/t14-,18+/m0/s1. The second-order valence-electron chi connectivity index (χ2n) is 5.84. The third kappa shape index (κ3) is 5.47. The van der Waals surface area contributed by atoms with E-state index in [2.05, 4.69) is 24.4 Å². The highest BCUT2D eigenvalue weighted by Gasteiger charge is 2.15. The highest BCUT2D eigenvalue weighted by atomic mass is 16.6. The number of nitro benzene ring substituents is 1. The molecule has 0 aliphatic heterocycles. The molecule has 2 aromatic rings. The molecular weight excluding hydrogens is 292 g/mol. The van der Waals surface area contributed by atoms with Crippen LogP contribution in [-0.4, -0.2) is 22.6 Å². The normalized spacial score (nSPS) is 13.5. The van der Waals surface area contributed by atoms with Crippen molar-refractivity contribution in [1.82, 2.24) is 0 Å². The average molecular weight is 315 g/mol. The van der Waals surface area contributed by atoms with Crippen LogP contribution < -0.4 is 5.32 Å². The van der Waals surface area contributed by atoms with E-state index in [4.69, 9.17) is 0 Å². The van der Waals surface area contributed by atoms with Crippen LogP contribution in [0.5, 0.6) is 0 Å². The Bertz CT molecular complexity index is 631. The van der Waals surface area contributed by atoms with Crippen molar-refractivity contribution in [3.8, 4) is 0 Å². The number of non-ortho nitro benzene ring substituents is 1. The molecule has 122 valence electrons. The molecule has 0 aliphatic carbocycles. The number of benzene rings is 2. The molecule has 2 rings (SSSR count). The second kappa shape index (κ2) is 8.41. The quantitative estimate of drug-likeness (QED) is 0.579. The van der Waals surface area contributed by atoms with Crippen LogP contribution in [0, 0.1) is 10.1 Å². The lowest BCUT2D eigenvalue weighted by Crippen LogP contribution is -2.90. The molecule has 0 fully saturated rings. The summed E-state index contributed by atoms with van der Waals surface area (Å²) in [5, 5.41) is 23.1. The number of quaternary nitrogens is 1. The monoisotopic (exact) mass is 315 g/mol. The minimum atomic E-state index is -0.700. The molecule has 0 saturated heterocycles. The van der Waals surface area contributed by atoms with E-state index in [9.17, 15) is 15.2 Å². The van der Waals surface area contributed by atoms with Crippen molar-refractivity contribution >= 4 is 5.69 Å². The van der Waals surface area contributed by atoms with Crippen LogP contribution in [0.2, 0.25) is 0 Å². The molecule has 5 heteroatoms. The molecule has 3 N–H and O–H groups in total. The van der Waals surface area contributed by atoms with Gasteiger partial charge in [-0.05, 0) is 24.5 Å². The van der Waals surface area contributed by atoms with Gasteiger partial charge in [0.1, 0.15) is 12.6 Å². The highest BCUT2D eigenvalue weighted by molar-refractivity contribution is 5.35. The van der Waals surface area contributed by atoms with E-state index in [1.807, 2.05) is 18.2 Å². The van der Waals surface area contributed by atoms with Crippen LogP contribution in [0.3, 0.4) is 0 Å². The Morgan fingerprint density at radius 1 is 1.17 bits per heavy atom. The van der Waals surface area contributed by atoms with Gasteiger partial charge in [0.15, 0.2) is 0 Å². The van der Waals surface area contributed by atoms with Crippen molar-refractivity contribution < 1.29 is 15.3 Å². The first-order valence-electron chi connectivity index (χ1n) is 7.86. The van der Waals surface area contributed by atoms with Gasteiger partial charge in [-0.1, -0.05) is 42.5 Å². The van der Waals surface area contributed by atoms with Crippen molar-refractivity contribution in [2.75, 3.05) is 6.54 Å². The fourth-order valence-corrected chi connectivity index (χ4v) is 2.50. The molecule has 0 radical (unpaired) electrons. The number of nitro groups is 1. The van der Waals surface area contributed by atoms with E-state index in [1.54, 1.807) is 12.1 Å². The maximum Gasteiger partial charge on any atom is 0.269 e. The molecule has 0 aliphatic rings. The number of aliphatic hydroxyl groups excluding tert-OH is 1. The number of rotatable bonds is 8. The minimum Gasteiger partial charge on any atom is -0.382 e. The van der Waals surface area contributed by atoms with Gasteiger partial charge < -0.3 is 10.4 Å². The maximum atomic E-state index is 10.8. The summed E-state index contributed by atoms with van der Waals surface area (Å²) in [7, 11) is 0. The first-order chi connectivity index (χ1) is 11.1. The third-order valence-electron chi connectivity index (χ3n) is 3.96. The van der Waals surface area contributed by atoms with E-state index in [-0.39, 0.29) is 5.69 Å². The first kappa shape index (κ1) is 17.1. The molecule has 2 aromatic carbocycles. The third-order valence-corrected chi connectivity index (χ3v) is 3.96. The van der Waals surface area contributed by atoms with Crippen molar-refractivity contribution in [3.63, 3.8) is 0 Å². The Morgan fingerprint density at radius 2 is 1.91 bits per heavy atom. The summed E-state index contributed by atoms with van der Waals surface area (Å²) in [6, 6.07) is 16.9. The SMILES string of the molecule is C[C@@H](CCc1ccccc1)[NH2+]C[C@@H](O)c1cccc([N+](=O)[O-])c1. The fourth-order valence-electron chi connectivity index (χ4n) is 2.50. The van der Waals surface area contributed by atoms with Crippen molar-refractivity contribution in [2.24, 2.45) is 0 Å². The predicted octanol–water partition coefficient (Wildman–Crippen LogP) is 2.21. The summed E-state index contributed by atoms with van der Waals surface area (Å²) in [4.78, 5) is 10.3. The summed E-state index contributed by atoms with van der Waals surface area (Å²) < 4.78 is 0. The summed E-state index contributed by atoms with van der Waals surface area (Å²) in [5.41, 5.74) is 1.91. The molecule has 5 nitrogen and oxygen atoms in total. The fraction of sp³-hybridized carbons (Fsp3) is 0.333. The number of hydrogen-bond acceptors (Lipinski definition) is 3. The topological polar surface area (TPSA) is 80.0 Å². The minimum absolute atomic E-state index is 0.0127. The van der Waals surface area contributed by atoms with Crippen LogP contribution in [0.15, 0.2) is 54.6 Å². The van der Waals surface area contributed by atoms with Gasteiger partial charge in [0.05, 0.1) is 11.0 Å². The lowest BCUT2D eigenvalue weighted by Gasteiger charge is -2.14. The second-order valence-corrected chi connectivity index (χ2v) is 5.84. The molecule has 0 aromatic heterocycles. The van der Waals surface area contributed by atoms with Gasteiger partial charge in [-0.15, -0.1) is 0 Å². The van der Waals surface area contributed by atoms with E-state index >= 15 is 0 Å². The number of nitrogens with two attached hydrogens (primary N) is 1. The zero-order chi connectivity index (χ0) is 16.7. The summed E-state index contributed by atoms with van der Waals surface area (Å²) in [6.07, 6.45) is 1.32. The Morgan fingerprint density at radius 3 is 2.61 bits per heavy atom. The predicted molar refractivity (Wildman–Crippen MR) is 89.1 cm³/mol. The molecule has 2 atom stereocenters. The first-order valence-corrected chi connectivity index (χ1v) is 7.86. The lowest BCUT2D eigenvalue weighted by atomic mass is 10.1. The molecule has 0 heterocycles. The summed E-state index contributed by atoms with van der Waals surface area (Å²) in [6.45, 7) is 2.63. The number of aliphatic hydroxyl groups is 1. The van der Waals surface area contributed by atoms with E-state index in [0.29, 0.717) is 18.2 Å². The van der Waals surface area contributed by atoms with Crippen LogP contribution in [0.4, 0.5) is 5.69 Å². The van der Waals surface area contributed by atoms with Gasteiger partial charge >= 0.3 is 0 Å². The maximum absolute atomic E-state index is 10.8. The molecular formula is C18H23N2O3+. The van der Waals surface area contributed by atoms with Gasteiger partial charge in [-0.3, -0.25) is 10.1 Å². The number of hydrogen-bond donors (Lipinski definition) is 2. The molecule has 0 amide bonds. The smallest absolute Gasteiger partial charge is 0.269 e. The Balaban J connectivity index is 1.80. The zero-order valence-corrected chi connectivity index (χ0v) is 13.3. The summed E-state index contributed by atoms with van der Waals surface area (Å²) >= 11 is 0. The van der Waals surface area contributed by atoms with Gasteiger partial charge in [-0.25, -0.2) is 0 Å². The van der Waals surface area contributed by atoms with Crippen molar-refractivity contribution in [1.29, 1.82) is 0 Å². The largest absolute Gasteiger partial charge is 0.382 e. The number of nitrogens with zero attached hydrogens (tertiary/aromatic N) is 1. The Kier molecular flexibility index (Phi) is 6.26. The molecule has 0 unspecified atom stereocenters. The highest BCUT2D eigenvalue weighted by Crippen LogP contribution is 2.18. The van der Waals surface area contributed by atoms with Crippen LogP contribution >= 0.6 is 0 Å². The van der Waals surface area contributed by atoms with E-state index < -0.39 is 11.0 Å². The van der Waals surface area contributed by atoms with Crippen molar-refractivity contribution in [2.45, 2.75) is 31.9 Å². The van der Waals surface area contributed by atoms with Gasteiger partial charge in [0, 0.05) is 18.6 Å². The van der Waals surface area contributed by atoms with Gasteiger partial charge in [0.25, 0.3) is 5.69 Å². The van der Waals surface area contributed by atoms with Crippen LogP contribution in [0.25, 0.3) is 0 Å². The zero-order valence-electron chi connectivity index (χ0n) is 13.3. The Hall–Kier alpha value is -2.24. The number of aryl methyl sites for hydroxylation is 1. The lowest BCUT2D eigenvalue weighted by molar-refractivity contribution is -0.693. The molecule has 0 spiro atoms. The summed E-state index contributed by atoms with van der Waals surface area (Å²) in [5.74, 6) is 0.